The number of hydrogen-bond acceptors (Lipinski definition) is 5. The van der Waals surface area contributed by atoms with Crippen molar-refractivity contribution in [2.24, 2.45) is 0 Å². The van der Waals surface area contributed by atoms with Gasteiger partial charge in [-0.05, 0) is 30.2 Å². The summed E-state index contributed by atoms with van der Waals surface area (Å²) in [6, 6.07) is 14.3. The second-order valence-corrected chi connectivity index (χ2v) is 5.60. The summed E-state index contributed by atoms with van der Waals surface area (Å²) in [6.45, 7) is 3.37. The zero-order valence-electron chi connectivity index (χ0n) is 13.9. The number of hydrogen-bond donors (Lipinski definition) is 2. The lowest BCUT2D eigenvalue weighted by atomic mass is 10.1. The Kier molecular flexibility index (Phi) is 5.30. The number of benzene rings is 1. The molecule has 0 saturated heterocycles. The van der Waals surface area contributed by atoms with Crippen molar-refractivity contribution in [1.29, 1.82) is 0 Å². The fourth-order valence-electron chi connectivity index (χ4n) is 2.42. The third-order valence-corrected chi connectivity index (χ3v) is 3.79. The van der Waals surface area contributed by atoms with Crippen LogP contribution in [0.25, 0.3) is 11.5 Å². The molecule has 1 atom stereocenters. The predicted molar refractivity (Wildman–Crippen MR) is 92.0 cm³/mol. The van der Waals surface area contributed by atoms with Gasteiger partial charge < -0.3 is 10.1 Å². The Balaban J connectivity index is 1.58. The summed E-state index contributed by atoms with van der Waals surface area (Å²) in [5, 5.41) is 10.6. The van der Waals surface area contributed by atoms with Gasteiger partial charge in [0.2, 0.25) is 0 Å². The minimum absolute atomic E-state index is 0.213. The molecule has 2 heterocycles. The third-order valence-electron chi connectivity index (χ3n) is 3.79. The van der Waals surface area contributed by atoms with E-state index in [1.54, 1.807) is 13.3 Å². The van der Waals surface area contributed by atoms with Crippen molar-refractivity contribution in [1.82, 2.24) is 25.5 Å². The van der Waals surface area contributed by atoms with Gasteiger partial charge >= 0.3 is 0 Å². The van der Waals surface area contributed by atoms with Crippen LogP contribution in [0.3, 0.4) is 0 Å². The SMILES string of the molecule is COCc1ccc(C(C)NCc2nc(-c3ccccn3)n[nH]2)cc1. The smallest absolute Gasteiger partial charge is 0.199 e. The van der Waals surface area contributed by atoms with E-state index in [1.807, 2.05) is 18.2 Å². The van der Waals surface area contributed by atoms with E-state index in [9.17, 15) is 0 Å². The molecule has 24 heavy (non-hydrogen) atoms. The molecule has 2 N–H and O–H groups in total. The minimum atomic E-state index is 0.213. The zero-order valence-corrected chi connectivity index (χ0v) is 13.9. The summed E-state index contributed by atoms with van der Waals surface area (Å²) in [5.41, 5.74) is 3.16. The van der Waals surface area contributed by atoms with Crippen LogP contribution in [0.1, 0.15) is 29.9 Å². The van der Waals surface area contributed by atoms with Gasteiger partial charge in [-0.25, -0.2) is 4.98 Å². The molecule has 124 valence electrons. The first-order valence-electron chi connectivity index (χ1n) is 7.90. The number of pyridine rings is 1. The Bertz CT molecular complexity index is 755. The van der Waals surface area contributed by atoms with Crippen LogP contribution < -0.4 is 5.32 Å². The molecule has 0 amide bonds. The molecule has 3 aromatic rings. The highest BCUT2D eigenvalue weighted by Gasteiger charge is 2.09. The van der Waals surface area contributed by atoms with Gasteiger partial charge in [0, 0.05) is 19.3 Å². The topological polar surface area (TPSA) is 75.7 Å². The van der Waals surface area contributed by atoms with Crippen molar-refractivity contribution in [2.45, 2.75) is 26.1 Å². The first kappa shape index (κ1) is 16.3. The molecule has 1 aromatic carbocycles. The zero-order chi connectivity index (χ0) is 16.8. The molecule has 0 radical (unpaired) electrons. The number of methoxy groups -OCH3 is 1. The lowest BCUT2D eigenvalue weighted by Crippen LogP contribution is -2.18. The number of rotatable bonds is 7. The maximum absolute atomic E-state index is 5.13. The summed E-state index contributed by atoms with van der Waals surface area (Å²) in [5.74, 6) is 1.41. The Labute approximate surface area is 141 Å². The average molecular weight is 323 g/mol. The van der Waals surface area contributed by atoms with Gasteiger partial charge in [0.15, 0.2) is 5.82 Å². The molecule has 2 aromatic heterocycles. The Morgan fingerprint density at radius 1 is 1.17 bits per heavy atom. The van der Waals surface area contributed by atoms with E-state index in [-0.39, 0.29) is 6.04 Å². The van der Waals surface area contributed by atoms with Crippen LogP contribution in [0.15, 0.2) is 48.7 Å². The molecular formula is C18H21N5O. The molecule has 0 aliphatic carbocycles. The van der Waals surface area contributed by atoms with Crippen LogP contribution in [0.2, 0.25) is 0 Å². The summed E-state index contributed by atoms with van der Waals surface area (Å²) >= 11 is 0. The first-order chi connectivity index (χ1) is 11.8. The van der Waals surface area contributed by atoms with Crippen LogP contribution in [0.5, 0.6) is 0 Å². The Morgan fingerprint density at radius 3 is 2.71 bits per heavy atom. The average Bonchev–Trinajstić information content (AvgIpc) is 3.10. The molecule has 0 aliphatic heterocycles. The van der Waals surface area contributed by atoms with Crippen molar-refractivity contribution >= 4 is 0 Å². The number of aromatic nitrogens is 4. The number of H-pyrrole nitrogens is 1. The van der Waals surface area contributed by atoms with E-state index < -0.39 is 0 Å². The number of nitrogens with zero attached hydrogens (tertiary/aromatic N) is 3. The normalized spacial score (nSPS) is 12.2. The van der Waals surface area contributed by atoms with Crippen LogP contribution in [-0.4, -0.2) is 27.3 Å². The molecule has 0 saturated carbocycles. The summed E-state index contributed by atoms with van der Waals surface area (Å²) in [6.07, 6.45) is 1.74. The van der Waals surface area contributed by atoms with E-state index >= 15 is 0 Å². The van der Waals surface area contributed by atoms with E-state index in [1.165, 1.54) is 11.1 Å². The number of nitrogens with one attached hydrogen (secondary N) is 2. The molecule has 0 bridgehead atoms. The quantitative estimate of drug-likeness (QED) is 0.699. The maximum Gasteiger partial charge on any atom is 0.199 e. The molecule has 6 heteroatoms. The van der Waals surface area contributed by atoms with E-state index in [4.69, 9.17) is 4.74 Å². The first-order valence-corrected chi connectivity index (χ1v) is 7.90. The standard InChI is InChI=1S/C18H21N5O/c1-13(15-8-6-14(7-9-15)12-24-2)20-11-17-21-18(23-22-17)16-5-3-4-10-19-16/h3-10,13,20H,11-12H2,1-2H3,(H,21,22,23). The fourth-order valence-corrected chi connectivity index (χ4v) is 2.42. The lowest BCUT2D eigenvalue weighted by molar-refractivity contribution is 0.185. The van der Waals surface area contributed by atoms with Gasteiger partial charge in [0.05, 0.1) is 13.2 Å². The molecule has 0 aliphatic rings. The van der Waals surface area contributed by atoms with Crippen molar-refractivity contribution in [3.05, 3.63) is 65.6 Å². The monoisotopic (exact) mass is 323 g/mol. The Hall–Kier alpha value is -2.57. The predicted octanol–water partition coefficient (Wildman–Crippen LogP) is 2.86. The summed E-state index contributed by atoms with van der Waals surface area (Å²) in [7, 11) is 1.70. The highest BCUT2D eigenvalue weighted by Crippen LogP contribution is 2.15. The van der Waals surface area contributed by atoms with Crippen LogP contribution >= 0.6 is 0 Å². The second kappa shape index (κ2) is 7.81. The van der Waals surface area contributed by atoms with Gasteiger partial charge in [-0.1, -0.05) is 30.3 Å². The fraction of sp³-hybridized carbons (Fsp3) is 0.278. The second-order valence-electron chi connectivity index (χ2n) is 5.60. The van der Waals surface area contributed by atoms with Crippen molar-refractivity contribution < 1.29 is 4.74 Å². The molecule has 6 nitrogen and oxygen atoms in total. The highest BCUT2D eigenvalue weighted by molar-refractivity contribution is 5.47. The van der Waals surface area contributed by atoms with E-state index in [2.05, 4.69) is 56.7 Å². The largest absolute Gasteiger partial charge is 0.380 e. The molecule has 3 rings (SSSR count). The highest BCUT2D eigenvalue weighted by atomic mass is 16.5. The number of ether oxygens (including phenoxy) is 1. The van der Waals surface area contributed by atoms with Crippen molar-refractivity contribution in [2.75, 3.05) is 7.11 Å². The summed E-state index contributed by atoms with van der Waals surface area (Å²) < 4.78 is 5.13. The lowest BCUT2D eigenvalue weighted by Gasteiger charge is -2.13. The molecule has 0 fully saturated rings. The van der Waals surface area contributed by atoms with Gasteiger partial charge in [-0.15, -0.1) is 0 Å². The van der Waals surface area contributed by atoms with Crippen molar-refractivity contribution in [3.8, 4) is 11.5 Å². The minimum Gasteiger partial charge on any atom is -0.380 e. The van der Waals surface area contributed by atoms with Crippen LogP contribution in [0.4, 0.5) is 0 Å². The van der Waals surface area contributed by atoms with Gasteiger partial charge in [-0.2, -0.15) is 5.10 Å². The van der Waals surface area contributed by atoms with Crippen molar-refractivity contribution in [3.63, 3.8) is 0 Å². The van der Waals surface area contributed by atoms with Gasteiger partial charge in [-0.3, -0.25) is 10.1 Å². The van der Waals surface area contributed by atoms with Gasteiger partial charge in [0.1, 0.15) is 11.5 Å². The van der Waals surface area contributed by atoms with E-state index in [0.29, 0.717) is 19.0 Å². The van der Waals surface area contributed by atoms with Crippen LogP contribution in [0, 0.1) is 0 Å². The molecule has 0 spiro atoms. The molecular weight excluding hydrogens is 302 g/mol. The Morgan fingerprint density at radius 2 is 2.00 bits per heavy atom. The van der Waals surface area contributed by atoms with Crippen LogP contribution in [-0.2, 0) is 17.9 Å². The van der Waals surface area contributed by atoms with Gasteiger partial charge in [0.25, 0.3) is 0 Å². The third kappa shape index (κ3) is 4.04. The number of aromatic amines is 1. The maximum atomic E-state index is 5.13. The molecule has 1 unspecified atom stereocenters. The van der Waals surface area contributed by atoms with E-state index in [0.717, 1.165) is 11.5 Å². The summed E-state index contributed by atoms with van der Waals surface area (Å²) in [4.78, 5) is 8.73.